The summed E-state index contributed by atoms with van der Waals surface area (Å²) >= 11 is 0. The molecule has 0 aliphatic heterocycles. The Balaban J connectivity index is 1.96. The van der Waals surface area contributed by atoms with E-state index in [0.717, 1.165) is 19.3 Å². The van der Waals surface area contributed by atoms with Gasteiger partial charge in [0.05, 0.1) is 0 Å². The molecular formula is C12H15F3N2O. The van der Waals surface area contributed by atoms with Gasteiger partial charge in [-0.15, -0.1) is 0 Å². The van der Waals surface area contributed by atoms with Crippen LogP contribution in [0.25, 0.3) is 0 Å². The topological polar surface area (TPSA) is 34.1 Å². The molecule has 1 aromatic rings. The monoisotopic (exact) mass is 260 g/mol. The molecule has 0 atom stereocenters. The first-order valence-electron chi connectivity index (χ1n) is 5.81. The Kier molecular flexibility index (Phi) is 3.75. The molecule has 1 aliphatic carbocycles. The minimum atomic E-state index is -1.29. The largest absolute Gasteiger partial charge is 0.385 e. The third kappa shape index (κ3) is 2.93. The van der Waals surface area contributed by atoms with Crippen molar-refractivity contribution in [2.24, 2.45) is 5.41 Å². The fraction of sp³-hybridized carbons (Fsp3) is 0.583. The Hall–Kier alpha value is -1.30. The minimum absolute atomic E-state index is 0.0784. The number of methoxy groups -OCH3 is 1. The smallest absolute Gasteiger partial charge is 0.251 e. The lowest BCUT2D eigenvalue weighted by Crippen LogP contribution is -2.19. The van der Waals surface area contributed by atoms with Crippen molar-refractivity contribution in [1.82, 2.24) is 4.98 Å². The van der Waals surface area contributed by atoms with Crippen LogP contribution < -0.4 is 5.32 Å². The fourth-order valence-corrected chi connectivity index (χ4v) is 1.85. The molecule has 2 rings (SSSR count). The van der Waals surface area contributed by atoms with Crippen molar-refractivity contribution in [3.8, 4) is 0 Å². The molecule has 18 heavy (non-hydrogen) atoms. The second-order valence-corrected chi connectivity index (χ2v) is 4.69. The second-order valence-electron chi connectivity index (χ2n) is 4.69. The van der Waals surface area contributed by atoms with E-state index in [0.29, 0.717) is 19.2 Å². The number of halogens is 3. The van der Waals surface area contributed by atoms with Gasteiger partial charge in [0.2, 0.25) is 0 Å². The van der Waals surface area contributed by atoms with E-state index in [1.807, 2.05) is 0 Å². The molecule has 0 unspecified atom stereocenters. The maximum absolute atomic E-state index is 13.3. The maximum Gasteiger partial charge on any atom is 0.251 e. The van der Waals surface area contributed by atoms with Crippen LogP contribution in [0.1, 0.15) is 19.3 Å². The Morgan fingerprint density at radius 2 is 2.06 bits per heavy atom. The van der Waals surface area contributed by atoms with Crippen LogP contribution in [0.15, 0.2) is 6.07 Å². The van der Waals surface area contributed by atoms with E-state index in [-0.39, 0.29) is 11.2 Å². The van der Waals surface area contributed by atoms with Gasteiger partial charge >= 0.3 is 0 Å². The summed E-state index contributed by atoms with van der Waals surface area (Å²) in [6, 6.07) is 0.499. The Morgan fingerprint density at radius 1 is 1.33 bits per heavy atom. The molecular weight excluding hydrogens is 245 g/mol. The average Bonchev–Trinajstić information content (AvgIpc) is 3.10. The van der Waals surface area contributed by atoms with Crippen LogP contribution in [-0.2, 0) is 4.74 Å². The van der Waals surface area contributed by atoms with Gasteiger partial charge in [-0.25, -0.2) is 8.78 Å². The average molecular weight is 260 g/mol. The number of hydrogen-bond donors (Lipinski definition) is 1. The summed E-state index contributed by atoms with van der Waals surface area (Å²) in [7, 11) is 1.63. The molecule has 1 N–H and O–H groups in total. The molecule has 0 saturated heterocycles. The summed E-state index contributed by atoms with van der Waals surface area (Å²) in [5.74, 6) is -3.69. The molecule has 1 aromatic heterocycles. The van der Waals surface area contributed by atoms with E-state index in [9.17, 15) is 13.2 Å². The summed E-state index contributed by atoms with van der Waals surface area (Å²) in [5, 5.41) is 2.74. The zero-order valence-corrected chi connectivity index (χ0v) is 10.1. The first kappa shape index (κ1) is 13.1. The highest BCUT2D eigenvalue weighted by atomic mass is 19.2. The van der Waals surface area contributed by atoms with Gasteiger partial charge < -0.3 is 10.1 Å². The molecule has 1 saturated carbocycles. The summed E-state index contributed by atoms with van der Waals surface area (Å²) in [6.45, 7) is 1.13. The van der Waals surface area contributed by atoms with Crippen molar-refractivity contribution < 1.29 is 17.9 Å². The van der Waals surface area contributed by atoms with Gasteiger partial charge in [-0.3, -0.25) is 0 Å². The first-order valence-corrected chi connectivity index (χ1v) is 5.81. The summed E-state index contributed by atoms with van der Waals surface area (Å²) in [5.41, 5.74) is 0.0784. The van der Waals surface area contributed by atoms with Crippen LogP contribution in [0.5, 0.6) is 0 Å². The molecule has 1 heterocycles. The summed E-state index contributed by atoms with van der Waals surface area (Å²) < 4.78 is 43.9. The SMILES string of the molecule is COCCC1(CNc2nc(F)c(F)cc2F)CC1. The molecule has 0 aromatic carbocycles. The van der Waals surface area contributed by atoms with E-state index in [2.05, 4.69) is 10.3 Å². The van der Waals surface area contributed by atoms with E-state index in [4.69, 9.17) is 4.74 Å². The van der Waals surface area contributed by atoms with E-state index in [1.165, 1.54) is 0 Å². The number of anilines is 1. The van der Waals surface area contributed by atoms with Crippen molar-refractivity contribution in [3.05, 3.63) is 23.6 Å². The van der Waals surface area contributed by atoms with Crippen molar-refractivity contribution in [1.29, 1.82) is 0 Å². The molecule has 0 spiro atoms. The summed E-state index contributed by atoms with van der Waals surface area (Å²) in [4.78, 5) is 3.22. The van der Waals surface area contributed by atoms with Crippen molar-refractivity contribution in [3.63, 3.8) is 0 Å². The Labute approximate surface area is 103 Å². The fourth-order valence-electron chi connectivity index (χ4n) is 1.85. The Morgan fingerprint density at radius 3 is 2.67 bits per heavy atom. The molecule has 0 amide bonds. The van der Waals surface area contributed by atoms with E-state index < -0.39 is 17.6 Å². The van der Waals surface area contributed by atoms with Gasteiger partial charge in [0.15, 0.2) is 17.5 Å². The number of nitrogens with one attached hydrogen (secondary N) is 1. The number of pyridine rings is 1. The van der Waals surface area contributed by atoms with E-state index in [1.54, 1.807) is 7.11 Å². The number of nitrogens with zero attached hydrogens (tertiary/aromatic N) is 1. The molecule has 6 heteroatoms. The van der Waals surface area contributed by atoms with Crippen molar-refractivity contribution in [2.75, 3.05) is 25.6 Å². The lowest BCUT2D eigenvalue weighted by atomic mass is 10.0. The van der Waals surface area contributed by atoms with Gasteiger partial charge in [0, 0.05) is 26.3 Å². The quantitative estimate of drug-likeness (QED) is 0.798. The standard InChI is InChI=1S/C12H15F3N2O/c1-18-5-4-12(2-3-12)7-16-11-9(14)6-8(13)10(15)17-11/h6H,2-5,7H2,1H3,(H,16,17). The first-order chi connectivity index (χ1) is 8.56. The van der Waals surface area contributed by atoms with Crippen LogP contribution in [0.4, 0.5) is 19.0 Å². The van der Waals surface area contributed by atoms with Gasteiger partial charge in [-0.2, -0.15) is 9.37 Å². The second kappa shape index (κ2) is 5.14. The van der Waals surface area contributed by atoms with Crippen LogP contribution in [0.3, 0.4) is 0 Å². The molecule has 0 bridgehead atoms. The minimum Gasteiger partial charge on any atom is -0.385 e. The molecule has 100 valence electrons. The highest BCUT2D eigenvalue weighted by Gasteiger charge is 2.41. The normalized spacial score (nSPS) is 16.7. The van der Waals surface area contributed by atoms with Crippen LogP contribution in [0.2, 0.25) is 0 Å². The zero-order valence-electron chi connectivity index (χ0n) is 10.1. The number of aromatic nitrogens is 1. The molecule has 1 fully saturated rings. The van der Waals surface area contributed by atoms with Crippen LogP contribution in [0, 0.1) is 23.0 Å². The summed E-state index contributed by atoms with van der Waals surface area (Å²) in [6.07, 6.45) is 2.91. The van der Waals surface area contributed by atoms with Gasteiger partial charge in [0.25, 0.3) is 5.95 Å². The van der Waals surface area contributed by atoms with E-state index >= 15 is 0 Å². The van der Waals surface area contributed by atoms with Gasteiger partial charge in [-0.05, 0) is 24.7 Å². The molecule has 0 radical (unpaired) electrons. The number of ether oxygens (including phenoxy) is 1. The van der Waals surface area contributed by atoms with Crippen LogP contribution >= 0.6 is 0 Å². The van der Waals surface area contributed by atoms with Crippen molar-refractivity contribution in [2.45, 2.75) is 19.3 Å². The van der Waals surface area contributed by atoms with Gasteiger partial charge in [-0.1, -0.05) is 0 Å². The Bertz CT molecular complexity index is 436. The predicted octanol–water partition coefficient (Wildman–Crippen LogP) is 2.73. The number of rotatable bonds is 6. The predicted molar refractivity (Wildman–Crippen MR) is 60.8 cm³/mol. The molecule has 3 nitrogen and oxygen atoms in total. The number of hydrogen-bond acceptors (Lipinski definition) is 3. The van der Waals surface area contributed by atoms with Gasteiger partial charge in [0.1, 0.15) is 0 Å². The highest BCUT2D eigenvalue weighted by Crippen LogP contribution is 2.48. The lowest BCUT2D eigenvalue weighted by molar-refractivity contribution is 0.174. The maximum atomic E-state index is 13.3. The van der Waals surface area contributed by atoms with Crippen LogP contribution in [-0.4, -0.2) is 25.2 Å². The lowest BCUT2D eigenvalue weighted by Gasteiger charge is -2.16. The molecule has 1 aliphatic rings. The zero-order chi connectivity index (χ0) is 13.2. The van der Waals surface area contributed by atoms with Crippen molar-refractivity contribution >= 4 is 5.82 Å². The highest BCUT2D eigenvalue weighted by molar-refractivity contribution is 5.36. The third-order valence-electron chi connectivity index (χ3n) is 3.31. The third-order valence-corrected chi connectivity index (χ3v) is 3.31.